The van der Waals surface area contributed by atoms with Crippen molar-refractivity contribution in [1.82, 2.24) is 4.98 Å². The van der Waals surface area contributed by atoms with Gasteiger partial charge in [0.1, 0.15) is 11.5 Å². The van der Waals surface area contributed by atoms with Crippen molar-refractivity contribution in [1.29, 1.82) is 0 Å². The summed E-state index contributed by atoms with van der Waals surface area (Å²) in [6.45, 7) is 1.89. The highest BCUT2D eigenvalue weighted by Gasteiger charge is 2.09. The van der Waals surface area contributed by atoms with Crippen LogP contribution in [0.1, 0.15) is 16.1 Å². The van der Waals surface area contributed by atoms with Gasteiger partial charge in [-0.1, -0.05) is 23.7 Å². The average molecular weight is 262 g/mol. The number of hydrogen-bond donors (Lipinski definition) is 2. The third kappa shape index (κ3) is 2.78. The van der Waals surface area contributed by atoms with Crippen molar-refractivity contribution in [2.45, 2.75) is 6.92 Å². The van der Waals surface area contributed by atoms with Crippen molar-refractivity contribution in [2.75, 3.05) is 11.1 Å². The lowest BCUT2D eigenvalue weighted by Gasteiger charge is -2.08. The number of aromatic nitrogens is 1. The molecule has 4 nitrogen and oxygen atoms in total. The number of pyridine rings is 1. The third-order valence-corrected chi connectivity index (χ3v) is 2.69. The first kappa shape index (κ1) is 12.4. The Morgan fingerprint density at radius 2 is 2.11 bits per heavy atom. The summed E-state index contributed by atoms with van der Waals surface area (Å²) in [4.78, 5) is 15.9. The Labute approximate surface area is 110 Å². The van der Waals surface area contributed by atoms with E-state index in [4.69, 9.17) is 17.3 Å². The molecule has 1 amide bonds. The van der Waals surface area contributed by atoms with Gasteiger partial charge in [-0.25, -0.2) is 4.98 Å². The molecular formula is C13H12ClN3O. The van der Waals surface area contributed by atoms with E-state index < -0.39 is 0 Å². The van der Waals surface area contributed by atoms with Crippen LogP contribution in [0, 0.1) is 6.92 Å². The smallest absolute Gasteiger partial charge is 0.274 e. The summed E-state index contributed by atoms with van der Waals surface area (Å²) in [6.07, 6.45) is 0. The molecule has 18 heavy (non-hydrogen) atoms. The molecule has 5 heteroatoms. The van der Waals surface area contributed by atoms with Crippen LogP contribution in [0.4, 0.5) is 11.5 Å². The molecule has 0 atom stereocenters. The highest BCUT2D eigenvalue weighted by Crippen LogP contribution is 2.20. The maximum atomic E-state index is 12.0. The molecule has 3 N–H and O–H groups in total. The van der Waals surface area contributed by atoms with E-state index in [1.54, 1.807) is 30.3 Å². The number of nitrogens with one attached hydrogen (secondary N) is 1. The predicted molar refractivity (Wildman–Crippen MR) is 72.8 cm³/mol. The molecule has 0 saturated carbocycles. The normalized spacial score (nSPS) is 10.1. The number of nitrogen functional groups attached to an aromatic ring is 1. The van der Waals surface area contributed by atoms with Crippen LogP contribution < -0.4 is 11.1 Å². The second-order valence-corrected chi connectivity index (χ2v) is 4.30. The van der Waals surface area contributed by atoms with E-state index in [0.717, 1.165) is 5.56 Å². The highest BCUT2D eigenvalue weighted by molar-refractivity contribution is 6.31. The largest absolute Gasteiger partial charge is 0.384 e. The van der Waals surface area contributed by atoms with E-state index >= 15 is 0 Å². The monoisotopic (exact) mass is 261 g/mol. The van der Waals surface area contributed by atoms with Crippen LogP contribution in [0.15, 0.2) is 36.4 Å². The van der Waals surface area contributed by atoms with Crippen LogP contribution in [0.2, 0.25) is 5.02 Å². The lowest BCUT2D eigenvalue weighted by atomic mass is 10.2. The number of aryl methyl sites for hydroxylation is 1. The number of carbonyl (C=O) groups is 1. The number of halogens is 1. The first-order valence-electron chi connectivity index (χ1n) is 5.36. The Morgan fingerprint density at radius 3 is 2.83 bits per heavy atom. The van der Waals surface area contributed by atoms with Gasteiger partial charge in [0.25, 0.3) is 5.91 Å². The minimum atomic E-state index is -0.312. The molecule has 0 aliphatic rings. The second kappa shape index (κ2) is 5.06. The van der Waals surface area contributed by atoms with Crippen molar-refractivity contribution in [3.63, 3.8) is 0 Å². The second-order valence-electron chi connectivity index (χ2n) is 3.86. The van der Waals surface area contributed by atoms with Gasteiger partial charge >= 0.3 is 0 Å². The number of benzene rings is 1. The molecule has 0 radical (unpaired) electrons. The zero-order chi connectivity index (χ0) is 13.1. The van der Waals surface area contributed by atoms with Crippen molar-refractivity contribution in [2.24, 2.45) is 0 Å². The van der Waals surface area contributed by atoms with E-state index in [1.807, 2.05) is 13.0 Å². The van der Waals surface area contributed by atoms with E-state index in [1.165, 1.54) is 0 Å². The van der Waals surface area contributed by atoms with Gasteiger partial charge in [-0.15, -0.1) is 0 Å². The van der Waals surface area contributed by atoms with Gasteiger partial charge in [0, 0.05) is 10.7 Å². The van der Waals surface area contributed by atoms with Gasteiger partial charge in [-0.05, 0) is 36.8 Å². The zero-order valence-electron chi connectivity index (χ0n) is 9.77. The average Bonchev–Trinajstić information content (AvgIpc) is 2.34. The van der Waals surface area contributed by atoms with Crippen LogP contribution in [0.3, 0.4) is 0 Å². The summed E-state index contributed by atoms with van der Waals surface area (Å²) < 4.78 is 0. The van der Waals surface area contributed by atoms with E-state index in [-0.39, 0.29) is 11.6 Å². The van der Waals surface area contributed by atoms with Crippen LogP contribution in [0.25, 0.3) is 0 Å². The van der Waals surface area contributed by atoms with Crippen molar-refractivity contribution >= 4 is 29.0 Å². The summed E-state index contributed by atoms with van der Waals surface area (Å²) >= 11 is 5.88. The van der Waals surface area contributed by atoms with E-state index in [9.17, 15) is 4.79 Å². The SMILES string of the molecule is Cc1ccc(Cl)cc1NC(=O)c1cccc(N)n1. The maximum absolute atomic E-state index is 12.0. The van der Waals surface area contributed by atoms with Crippen molar-refractivity contribution in [3.8, 4) is 0 Å². The van der Waals surface area contributed by atoms with Gasteiger partial charge in [0.05, 0.1) is 0 Å². The molecule has 0 saturated heterocycles. The topological polar surface area (TPSA) is 68.0 Å². The molecule has 0 bridgehead atoms. The molecular weight excluding hydrogens is 250 g/mol. The molecule has 2 rings (SSSR count). The quantitative estimate of drug-likeness (QED) is 0.873. The fourth-order valence-corrected chi connectivity index (χ4v) is 1.67. The lowest BCUT2D eigenvalue weighted by Crippen LogP contribution is -2.14. The van der Waals surface area contributed by atoms with Crippen LogP contribution in [0.5, 0.6) is 0 Å². The van der Waals surface area contributed by atoms with Gasteiger partial charge in [0.15, 0.2) is 0 Å². The molecule has 2 aromatic rings. The Kier molecular flexibility index (Phi) is 3.48. The summed E-state index contributed by atoms with van der Waals surface area (Å²) in [5, 5.41) is 3.32. The van der Waals surface area contributed by atoms with Gasteiger partial charge < -0.3 is 11.1 Å². The first-order valence-corrected chi connectivity index (χ1v) is 5.74. The van der Waals surface area contributed by atoms with Crippen molar-refractivity contribution < 1.29 is 4.79 Å². The number of anilines is 2. The fraction of sp³-hybridized carbons (Fsp3) is 0.0769. The molecule has 0 aliphatic carbocycles. The lowest BCUT2D eigenvalue weighted by molar-refractivity contribution is 0.102. The standard InChI is InChI=1S/C13H12ClN3O/c1-8-5-6-9(14)7-11(8)17-13(18)10-3-2-4-12(15)16-10/h2-7H,1H3,(H2,15,16)(H,17,18). The summed E-state index contributed by atoms with van der Waals surface area (Å²) in [5.74, 6) is -0.00173. The van der Waals surface area contributed by atoms with Crippen molar-refractivity contribution in [3.05, 3.63) is 52.7 Å². The first-order chi connectivity index (χ1) is 8.56. The van der Waals surface area contributed by atoms with Crippen LogP contribution in [-0.2, 0) is 0 Å². The number of rotatable bonds is 2. The molecule has 1 heterocycles. The molecule has 0 aliphatic heterocycles. The molecule has 1 aromatic carbocycles. The van der Waals surface area contributed by atoms with Crippen LogP contribution in [-0.4, -0.2) is 10.9 Å². The Balaban J connectivity index is 2.24. The molecule has 1 aromatic heterocycles. The van der Waals surface area contributed by atoms with Gasteiger partial charge in [-0.3, -0.25) is 4.79 Å². The molecule has 92 valence electrons. The number of nitrogens with two attached hydrogens (primary N) is 1. The zero-order valence-corrected chi connectivity index (χ0v) is 10.5. The Morgan fingerprint density at radius 1 is 1.33 bits per heavy atom. The summed E-state index contributed by atoms with van der Waals surface area (Å²) in [5.41, 5.74) is 7.40. The Hall–Kier alpha value is -2.07. The number of hydrogen-bond acceptors (Lipinski definition) is 3. The van der Waals surface area contributed by atoms with Gasteiger partial charge in [-0.2, -0.15) is 0 Å². The summed E-state index contributed by atoms with van der Waals surface area (Å²) in [7, 11) is 0. The minimum absolute atomic E-state index is 0.273. The predicted octanol–water partition coefficient (Wildman–Crippen LogP) is 2.88. The third-order valence-electron chi connectivity index (χ3n) is 2.45. The fourth-order valence-electron chi connectivity index (χ4n) is 1.49. The summed E-state index contributed by atoms with van der Waals surface area (Å²) in [6, 6.07) is 10.2. The number of amides is 1. The van der Waals surface area contributed by atoms with Crippen LogP contribution >= 0.6 is 11.6 Å². The highest BCUT2D eigenvalue weighted by atomic mass is 35.5. The Bertz CT molecular complexity index is 599. The number of nitrogens with zero attached hydrogens (tertiary/aromatic N) is 1. The molecule has 0 unspecified atom stereocenters. The van der Waals surface area contributed by atoms with E-state index in [2.05, 4.69) is 10.3 Å². The van der Waals surface area contributed by atoms with E-state index in [0.29, 0.717) is 16.5 Å². The minimum Gasteiger partial charge on any atom is -0.384 e. The number of carbonyl (C=O) groups excluding carboxylic acids is 1. The molecule has 0 spiro atoms. The van der Waals surface area contributed by atoms with Gasteiger partial charge in [0.2, 0.25) is 0 Å². The maximum Gasteiger partial charge on any atom is 0.274 e. The molecule has 0 fully saturated rings.